The Morgan fingerprint density at radius 3 is 2.36 bits per heavy atom. The summed E-state index contributed by atoms with van der Waals surface area (Å²) in [5.74, 6) is 1.47. The van der Waals surface area contributed by atoms with Crippen LogP contribution < -0.4 is 14.8 Å². The molecule has 0 spiro atoms. The second-order valence-electron chi connectivity index (χ2n) is 5.05. The van der Waals surface area contributed by atoms with Crippen molar-refractivity contribution in [2.75, 3.05) is 32.8 Å². The van der Waals surface area contributed by atoms with Crippen LogP contribution in [0.15, 0.2) is 42.5 Å². The van der Waals surface area contributed by atoms with Gasteiger partial charge in [0.15, 0.2) is 11.5 Å². The van der Waals surface area contributed by atoms with Crippen molar-refractivity contribution in [3.8, 4) is 11.5 Å². The molecule has 1 N–H and O–H groups in total. The van der Waals surface area contributed by atoms with E-state index in [0.29, 0.717) is 13.2 Å². The van der Waals surface area contributed by atoms with Gasteiger partial charge in [-0.1, -0.05) is 23.8 Å². The highest BCUT2D eigenvalue weighted by atomic mass is 16.5. The second-order valence-corrected chi connectivity index (χ2v) is 5.05. The number of aryl methyl sites for hydroxylation is 1. The standard InChI is InChI=1S/C18H23NO3/c1-14-4-7-16(8-5-14)19-13-15-6-9-17(21-3)18(12-15)22-11-10-20-2/h4-9,12,19H,10-11,13H2,1-3H3. The molecule has 0 saturated heterocycles. The quantitative estimate of drug-likeness (QED) is 0.756. The Morgan fingerprint density at radius 1 is 0.909 bits per heavy atom. The summed E-state index contributed by atoms with van der Waals surface area (Å²) in [6.45, 7) is 3.86. The number of hydrogen-bond acceptors (Lipinski definition) is 4. The van der Waals surface area contributed by atoms with Crippen molar-refractivity contribution in [1.29, 1.82) is 0 Å². The lowest BCUT2D eigenvalue weighted by atomic mass is 10.2. The van der Waals surface area contributed by atoms with Gasteiger partial charge in [-0.25, -0.2) is 0 Å². The van der Waals surface area contributed by atoms with Crippen LogP contribution in [-0.2, 0) is 11.3 Å². The molecule has 4 heteroatoms. The Hall–Kier alpha value is -2.20. The Balaban J connectivity index is 2.01. The maximum atomic E-state index is 5.70. The third kappa shape index (κ3) is 4.67. The van der Waals surface area contributed by atoms with Gasteiger partial charge in [-0.2, -0.15) is 0 Å². The first kappa shape index (κ1) is 16.2. The Kier molecular flexibility index (Phi) is 6.10. The molecule has 2 aromatic rings. The minimum atomic E-state index is 0.502. The lowest BCUT2D eigenvalue weighted by molar-refractivity contribution is 0.144. The van der Waals surface area contributed by atoms with Crippen molar-refractivity contribution in [2.45, 2.75) is 13.5 Å². The van der Waals surface area contributed by atoms with E-state index in [1.807, 2.05) is 18.2 Å². The van der Waals surface area contributed by atoms with Crippen LogP contribution in [0.4, 0.5) is 5.69 Å². The minimum Gasteiger partial charge on any atom is -0.493 e. The normalized spacial score (nSPS) is 10.3. The van der Waals surface area contributed by atoms with Crippen LogP contribution in [0, 0.1) is 6.92 Å². The van der Waals surface area contributed by atoms with Gasteiger partial charge in [0.05, 0.1) is 13.7 Å². The molecule has 0 aliphatic heterocycles. The van der Waals surface area contributed by atoms with Gasteiger partial charge >= 0.3 is 0 Å². The topological polar surface area (TPSA) is 39.7 Å². The van der Waals surface area contributed by atoms with Crippen molar-refractivity contribution in [2.24, 2.45) is 0 Å². The number of anilines is 1. The molecule has 0 aliphatic carbocycles. The van der Waals surface area contributed by atoms with Crippen LogP contribution in [0.5, 0.6) is 11.5 Å². The molecule has 0 amide bonds. The third-order valence-corrected chi connectivity index (χ3v) is 3.32. The lowest BCUT2D eigenvalue weighted by Crippen LogP contribution is -2.06. The zero-order valence-corrected chi connectivity index (χ0v) is 13.4. The highest BCUT2D eigenvalue weighted by molar-refractivity contribution is 5.47. The molecule has 0 bridgehead atoms. The number of rotatable bonds is 8. The van der Waals surface area contributed by atoms with Crippen LogP contribution in [0.3, 0.4) is 0 Å². The summed E-state index contributed by atoms with van der Waals surface area (Å²) in [6, 6.07) is 14.3. The smallest absolute Gasteiger partial charge is 0.161 e. The van der Waals surface area contributed by atoms with Crippen LogP contribution in [0.2, 0.25) is 0 Å². The molecule has 0 aromatic heterocycles. The minimum absolute atomic E-state index is 0.502. The first-order valence-corrected chi connectivity index (χ1v) is 7.32. The zero-order chi connectivity index (χ0) is 15.8. The van der Waals surface area contributed by atoms with E-state index in [-0.39, 0.29) is 0 Å². The van der Waals surface area contributed by atoms with Gasteiger partial charge in [-0.3, -0.25) is 0 Å². The molecule has 0 atom stereocenters. The summed E-state index contributed by atoms with van der Waals surface area (Å²) >= 11 is 0. The number of nitrogens with one attached hydrogen (secondary N) is 1. The summed E-state index contributed by atoms with van der Waals surface area (Å²) in [7, 11) is 3.30. The number of benzene rings is 2. The fraction of sp³-hybridized carbons (Fsp3) is 0.333. The fourth-order valence-corrected chi connectivity index (χ4v) is 2.05. The van der Waals surface area contributed by atoms with E-state index in [1.54, 1.807) is 14.2 Å². The van der Waals surface area contributed by atoms with Gasteiger partial charge < -0.3 is 19.5 Å². The first-order chi connectivity index (χ1) is 10.7. The van der Waals surface area contributed by atoms with Crippen molar-refractivity contribution in [3.05, 3.63) is 53.6 Å². The maximum absolute atomic E-state index is 5.70. The molecule has 4 nitrogen and oxygen atoms in total. The van der Waals surface area contributed by atoms with Crippen LogP contribution in [0.25, 0.3) is 0 Å². The van der Waals surface area contributed by atoms with E-state index in [0.717, 1.165) is 29.3 Å². The SMILES string of the molecule is COCCOc1cc(CNc2ccc(C)cc2)ccc1OC. The molecule has 0 heterocycles. The molecule has 0 aliphatic rings. The average molecular weight is 301 g/mol. The van der Waals surface area contributed by atoms with Crippen molar-refractivity contribution in [3.63, 3.8) is 0 Å². The van der Waals surface area contributed by atoms with Crippen molar-refractivity contribution < 1.29 is 14.2 Å². The zero-order valence-electron chi connectivity index (χ0n) is 13.4. The van der Waals surface area contributed by atoms with Gasteiger partial charge in [0, 0.05) is 19.3 Å². The third-order valence-electron chi connectivity index (χ3n) is 3.32. The summed E-state index contributed by atoms with van der Waals surface area (Å²) in [5.41, 5.74) is 3.49. The Bertz CT molecular complexity index is 581. The summed E-state index contributed by atoms with van der Waals surface area (Å²) in [5, 5.41) is 3.40. The van der Waals surface area contributed by atoms with Crippen LogP contribution in [-0.4, -0.2) is 27.4 Å². The van der Waals surface area contributed by atoms with Gasteiger partial charge in [-0.15, -0.1) is 0 Å². The second kappa shape index (κ2) is 8.29. The van der Waals surface area contributed by atoms with Gasteiger partial charge in [0.1, 0.15) is 6.61 Å². The largest absolute Gasteiger partial charge is 0.493 e. The van der Waals surface area contributed by atoms with E-state index >= 15 is 0 Å². The van der Waals surface area contributed by atoms with Crippen LogP contribution >= 0.6 is 0 Å². The molecule has 0 radical (unpaired) electrons. The maximum Gasteiger partial charge on any atom is 0.161 e. The summed E-state index contributed by atoms with van der Waals surface area (Å²) in [6.07, 6.45) is 0. The van der Waals surface area contributed by atoms with Crippen molar-refractivity contribution in [1.82, 2.24) is 0 Å². The van der Waals surface area contributed by atoms with E-state index in [4.69, 9.17) is 14.2 Å². The summed E-state index contributed by atoms with van der Waals surface area (Å²) < 4.78 is 16.0. The lowest BCUT2D eigenvalue weighted by Gasteiger charge is -2.13. The predicted octanol–water partition coefficient (Wildman–Crippen LogP) is 3.64. The van der Waals surface area contributed by atoms with Crippen LogP contribution in [0.1, 0.15) is 11.1 Å². The molecule has 22 heavy (non-hydrogen) atoms. The molecule has 0 unspecified atom stereocenters. The fourth-order valence-electron chi connectivity index (χ4n) is 2.05. The number of ether oxygens (including phenoxy) is 3. The van der Waals surface area contributed by atoms with Gasteiger partial charge in [0.25, 0.3) is 0 Å². The van der Waals surface area contributed by atoms with E-state index in [1.165, 1.54) is 5.56 Å². The summed E-state index contributed by atoms with van der Waals surface area (Å²) in [4.78, 5) is 0. The Labute approximate surface area is 132 Å². The average Bonchev–Trinajstić information content (AvgIpc) is 2.55. The molecular formula is C18H23NO3. The molecular weight excluding hydrogens is 278 g/mol. The first-order valence-electron chi connectivity index (χ1n) is 7.32. The molecule has 2 rings (SSSR count). The molecule has 118 valence electrons. The molecule has 0 fully saturated rings. The van der Waals surface area contributed by atoms with Crippen molar-refractivity contribution >= 4 is 5.69 Å². The van der Waals surface area contributed by atoms with Gasteiger partial charge in [-0.05, 0) is 36.8 Å². The molecule has 0 saturated carbocycles. The van der Waals surface area contributed by atoms with Gasteiger partial charge in [0.2, 0.25) is 0 Å². The van der Waals surface area contributed by atoms with E-state index in [9.17, 15) is 0 Å². The monoisotopic (exact) mass is 301 g/mol. The molecule has 2 aromatic carbocycles. The predicted molar refractivity (Wildman–Crippen MR) is 88.9 cm³/mol. The highest BCUT2D eigenvalue weighted by Crippen LogP contribution is 2.28. The highest BCUT2D eigenvalue weighted by Gasteiger charge is 2.06. The Morgan fingerprint density at radius 2 is 1.68 bits per heavy atom. The van der Waals surface area contributed by atoms with E-state index < -0.39 is 0 Å². The number of hydrogen-bond donors (Lipinski definition) is 1. The van der Waals surface area contributed by atoms with E-state index in [2.05, 4.69) is 36.5 Å². The number of methoxy groups -OCH3 is 2.